The van der Waals surface area contributed by atoms with Crippen molar-refractivity contribution in [2.45, 2.75) is 13.0 Å². The molecular formula is C26H22BrClN2O5S. The fraction of sp³-hybridized carbons (Fsp3) is 0.192. The van der Waals surface area contributed by atoms with Gasteiger partial charge >= 0.3 is 5.97 Å². The van der Waals surface area contributed by atoms with Crippen LogP contribution in [0.4, 0.5) is 0 Å². The van der Waals surface area contributed by atoms with E-state index in [1.54, 1.807) is 56.5 Å². The Hall–Kier alpha value is -3.14. The number of methoxy groups -OCH3 is 2. The van der Waals surface area contributed by atoms with Crippen LogP contribution < -0.4 is 24.4 Å². The third kappa shape index (κ3) is 4.91. The summed E-state index contributed by atoms with van der Waals surface area (Å²) in [5.41, 5.74) is 1.95. The largest absolute Gasteiger partial charge is 0.493 e. The first-order chi connectivity index (χ1) is 17.3. The Bertz CT molecular complexity index is 1560. The van der Waals surface area contributed by atoms with Crippen LogP contribution in [-0.2, 0) is 9.53 Å². The number of halogens is 2. The van der Waals surface area contributed by atoms with E-state index in [1.807, 2.05) is 6.07 Å². The molecule has 186 valence electrons. The lowest BCUT2D eigenvalue weighted by atomic mass is 9.96. The van der Waals surface area contributed by atoms with Crippen LogP contribution in [0.3, 0.4) is 0 Å². The molecule has 0 spiro atoms. The van der Waals surface area contributed by atoms with Gasteiger partial charge in [-0.15, -0.1) is 0 Å². The molecule has 0 bridgehead atoms. The van der Waals surface area contributed by atoms with Crippen molar-refractivity contribution in [3.05, 3.63) is 101 Å². The summed E-state index contributed by atoms with van der Waals surface area (Å²) >= 11 is 10.8. The van der Waals surface area contributed by atoms with Crippen molar-refractivity contribution < 1.29 is 19.0 Å². The third-order valence-corrected chi connectivity index (χ3v) is 7.33. The minimum absolute atomic E-state index is 0.283. The fourth-order valence-electron chi connectivity index (χ4n) is 3.91. The Morgan fingerprint density at radius 2 is 2.00 bits per heavy atom. The van der Waals surface area contributed by atoms with Crippen LogP contribution in [-0.4, -0.2) is 31.4 Å². The molecule has 2 heterocycles. The summed E-state index contributed by atoms with van der Waals surface area (Å²) in [5, 5.41) is 0.548. The first kappa shape index (κ1) is 25.9. The topological polar surface area (TPSA) is 79.1 Å². The quantitative estimate of drug-likeness (QED) is 0.302. The summed E-state index contributed by atoms with van der Waals surface area (Å²) in [6.45, 7) is 5.72. The number of rotatable bonds is 7. The van der Waals surface area contributed by atoms with E-state index in [2.05, 4.69) is 27.5 Å². The molecular weight excluding hydrogens is 568 g/mol. The highest BCUT2D eigenvalue weighted by Gasteiger charge is 2.33. The summed E-state index contributed by atoms with van der Waals surface area (Å²) in [5.74, 6) is 0.500. The molecule has 3 aromatic rings. The summed E-state index contributed by atoms with van der Waals surface area (Å²) in [4.78, 5) is 31.5. The number of aromatic nitrogens is 1. The zero-order valence-corrected chi connectivity index (χ0v) is 22.9. The average Bonchev–Trinajstić information content (AvgIpc) is 3.16. The van der Waals surface area contributed by atoms with Crippen molar-refractivity contribution >= 4 is 50.9 Å². The maximum absolute atomic E-state index is 13.7. The highest BCUT2D eigenvalue weighted by molar-refractivity contribution is 9.10. The number of carbonyl (C=O) groups excluding carboxylic acids is 1. The van der Waals surface area contributed by atoms with Crippen LogP contribution >= 0.6 is 38.9 Å². The molecule has 0 N–H and O–H groups in total. The molecule has 2 aromatic carbocycles. The van der Waals surface area contributed by atoms with Crippen LogP contribution in [0.5, 0.6) is 11.5 Å². The molecule has 0 fully saturated rings. The van der Waals surface area contributed by atoms with Gasteiger partial charge in [0.05, 0.1) is 40.5 Å². The summed E-state index contributed by atoms with van der Waals surface area (Å²) in [6.07, 6.45) is 3.40. The van der Waals surface area contributed by atoms with Gasteiger partial charge in [-0.2, -0.15) is 0 Å². The number of esters is 1. The van der Waals surface area contributed by atoms with Crippen LogP contribution in [0.1, 0.15) is 24.1 Å². The molecule has 4 rings (SSSR count). The van der Waals surface area contributed by atoms with Gasteiger partial charge in [0.25, 0.3) is 5.56 Å². The van der Waals surface area contributed by atoms with Crippen molar-refractivity contribution in [3.63, 3.8) is 0 Å². The normalized spacial score (nSPS) is 15.2. The molecule has 36 heavy (non-hydrogen) atoms. The smallest absolute Gasteiger partial charge is 0.338 e. The first-order valence-corrected chi connectivity index (χ1v) is 12.7. The van der Waals surface area contributed by atoms with Crippen molar-refractivity contribution in [1.29, 1.82) is 0 Å². The van der Waals surface area contributed by atoms with Crippen LogP contribution in [0.25, 0.3) is 6.08 Å². The molecule has 0 aliphatic carbocycles. The molecule has 1 aliphatic rings. The predicted molar refractivity (Wildman–Crippen MR) is 144 cm³/mol. The predicted octanol–water partition coefficient (Wildman–Crippen LogP) is 4.40. The van der Waals surface area contributed by atoms with Gasteiger partial charge in [0.15, 0.2) is 16.3 Å². The molecule has 0 unspecified atom stereocenters. The lowest BCUT2D eigenvalue weighted by Gasteiger charge is -2.24. The number of hydrogen-bond acceptors (Lipinski definition) is 7. The third-order valence-electron chi connectivity index (χ3n) is 5.51. The van der Waals surface area contributed by atoms with Crippen LogP contribution in [0, 0.1) is 0 Å². The van der Waals surface area contributed by atoms with Crippen LogP contribution in [0.15, 0.2) is 74.6 Å². The molecule has 1 aromatic heterocycles. The first-order valence-electron chi connectivity index (χ1n) is 10.8. The Morgan fingerprint density at radius 1 is 1.28 bits per heavy atom. The van der Waals surface area contributed by atoms with Crippen molar-refractivity contribution in [3.8, 4) is 11.5 Å². The van der Waals surface area contributed by atoms with E-state index in [-0.39, 0.29) is 5.56 Å². The van der Waals surface area contributed by atoms with E-state index < -0.39 is 12.0 Å². The number of hydrogen-bond donors (Lipinski definition) is 0. The Balaban J connectivity index is 1.91. The highest BCUT2D eigenvalue weighted by atomic mass is 79.9. The lowest BCUT2D eigenvalue weighted by molar-refractivity contribution is -0.136. The van der Waals surface area contributed by atoms with Gasteiger partial charge < -0.3 is 14.2 Å². The molecule has 10 heteroatoms. The van der Waals surface area contributed by atoms with Gasteiger partial charge in [0.1, 0.15) is 6.61 Å². The van der Waals surface area contributed by atoms with Crippen molar-refractivity contribution in [1.82, 2.24) is 4.57 Å². The molecule has 0 saturated carbocycles. The average molecular weight is 590 g/mol. The fourth-order valence-corrected chi connectivity index (χ4v) is 5.66. The van der Waals surface area contributed by atoms with E-state index in [0.717, 1.165) is 11.1 Å². The van der Waals surface area contributed by atoms with Crippen molar-refractivity contribution in [2.75, 3.05) is 20.8 Å². The van der Waals surface area contributed by atoms with E-state index in [1.165, 1.54) is 23.0 Å². The number of carbonyl (C=O) groups is 1. The number of fused-ring (bicyclic) bond motifs is 1. The summed E-state index contributed by atoms with van der Waals surface area (Å²) in [6, 6.07) is 9.92. The molecule has 1 atom stereocenters. The molecule has 0 saturated heterocycles. The molecule has 0 radical (unpaired) electrons. The Morgan fingerprint density at radius 3 is 2.64 bits per heavy atom. The van der Waals surface area contributed by atoms with Gasteiger partial charge in [0, 0.05) is 5.02 Å². The summed E-state index contributed by atoms with van der Waals surface area (Å²) < 4.78 is 18.8. The second kappa shape index (κ2) is 10.9. The minimum Gasteiger partial charge on any atom is -0.493 e. The lowest BCUT2D eigenvalue weighted by Crippen LogP contribution is -2.39. The van der Waals surface area contributed by atoms with Gasteiger partial charge in [0.2, 0.25) is 0 Å². The monoisotopic (exact) mass is 588 g/mol. The maximum Gasteiger partial charge on any atom is 0.338 e. The zero-order valence-electron chi connectivity index (χ0n) is 19.7. The molecule has 0 amide bonds. The number of nitrogens with zero attached hydrogens (tertiary/aromatic N) is 2. The second-order valence-electron chi connectivity index (χ2n) is 7.76. The van der Waals surface area contributed by atoms with E-state index in [4.69, 9.17) is 25.8 Å². The molecule has 1 aliphatic heterocycles. The van der Waals surface area contributed by atoms with Gasteiger partial charge in [-0.25, -0.2) is 9.79 Å². The summed E-state index contributed by atoms with van der Waals surface area (Å²) in [7, 11) is 2.85. The number of ether oxygens (including phenoxy) is 3. The van der Waals surface area contributed by atoms with Crippen LogP contribution in [0.2, 0.25) is 5.02 Å². The van der Waals surface area contributed by atoms with Gasteiger partial charge in [-0.05, 0) is 64.3 Å². The molecule has 7 nitrogen and oxygen atoms in total. The van der Waals surface area contributed by atoms with Gasteiger partial charge in [-0.1, -0.05) is 47.7 Å². The Labute approximate surface area is 224 Å². The SMILES string of the molecule is C=CCOc1c(Br)cc(/C=c2\sc3n(c2=O)[C@H](c2ccc(Cl)cc2)C(C(=O)OC)=C(C)N=3)cc1OC. The number of benzene rings is 2. The van der Waals surface area contributed by atoms with Crippen molar-refractivity contribution in [2.24, 2.45) is 4.99 Å². The second-order valence-corrected chi connectivity index (χ2v) is 10.1. The standard InChI is InChI=1S/C26H22BrClN2O5S/c1-5-10-35-23-18(27)11-15(12-19(23)33-3)13-20-24(31)30-22(16-6-8-17(28)9-7-16)21(25(32)34-4)14(2)29-26(30)36-20/h5-9,11-13,22H,1,10H2,2-4H3/b20-13-/t22-/m1/s1. The minimum atomic E-state index is -0.705. The van der Waals surface area contributed by atoms with E-state index in [9.17, 15) is 9.59 Å². The maximum atomic E-state index is 13.7. The Kier molecular flexibility index (Phi) is 7.82. The number of thiazole rings is 1. The van der Waals surface area contributed by atoms with E-state index in [0.29, 0.717) is 48.2 Å². The highest BCUT2D eigenvalue weighted by Crippen LogP contribution is 2.37. The number of allylic oxidation sites excluding steroid dienone is 1. The zero-order chi connectivity index (χ0) is 26.0. The van der Waals surface area contributed by atoms with Gasteiger partial charge in [-0.3, -0.25) is 9.36 Å². The van der Waals surface area contributed by atoms with E-state index >= 15 is 0 Å².